The Morgan fingerprint density at radius 2 is 1.63 bits per heavy atom. The van der Waals surface area contributed by atoms with Crippen molar-refractivity contribution >= 4 is 5.78 Å². The molecule has 2 aliphatic carbocycles. The molecule has 0 bridgehead atoms. The number of ketones is 1. The molecule has 1 heteroatoms. The summed E-state index contributed by atoms with van der Waals surface area (Å²) >= 11 is 0. The number of rotatable bonds is 3. The predicted octanol–water partition coefficient (Wildman–Crippen LogP) is 4.96. The standard InChI is InChI=1S/C18H24O/c1-18(2)12-16(18)17(19)15-10-8-14(9-11-15)13-6-4-3-5-7-13/h8-11,13,16H,3-7,12H2,1-2H3. The fourth-order valence-electron chi connectivity index (χ4n) is 3.47. The minimum atomic E-state index is 0.235. The van der Waals surface area contributed by atoms with E-state index < -0.39 is 0 Å². The molecule has 1 unspecified atom stereocenters. The largest absolute Gasteiger partial charge is 0.294 e. The van der Waals surface area contributed by atoms with E-state index in [1.54, 1.807) is 0 Å². The van der Waals surface area contributed by atoms with Crippen LogP contribution in [-0.2, 0) is 0 Å². The van der Waals surface area contributed by atoms with E-state index in [9.17, 15) is 4.79 Å². The van der Waals surface area contributed by atoms with Gasteiger partial charge in [-0.25, -0.2) is 0 Å². The first-order valence-corrected chi connectivity index (χ1v) is 7.72. The van der Waals surface area contributed by atoms with Crippen LogP contribution in [0.15, 0.2) is 24.3 Å². The van der Waals surface area contributed by atoms with Gasteiger partial charge in [-0.05, 0) is 36.2 Å². The first-order chi connectivity index (χ1) is 9.08. The minimum Gasteiger partial charge on any atom is -0.294 e. The molecule has 0 heterocycles. The summed E-state index contributed by atoms with van der Waals surface area (Å²) in [6, 6.07) is 8.50. The molecule has 19 heavy (non-hydrogen) atoms. The van der Waals surface area contributed by atoms with Gasteiger partial charge in [-0.3, -0.25) is 4.79 Å². The molecule has 0 radical (unpaired) electrons. The molecule has 0 aliphatic heterocycles. The molecule has 1 aromatic rings. The third kappa shape index (κ3) is 2.61. The van der Waals surface area contributed by atoms with Gasteiger partial charge in [0, 0.05) is 11.5 Å². The van der Waals surface area contributed by atoms with E-state index in [0.29, 0.717) is 5.78 Å². The van der Waals surface area contributed by atoms with Crippen molar-refractivity contribution < 1.29 is 4.79 Å². The number of carbonyl (C=O) groups is 1. The molecular formula is C18H24O. The molecule has 1 aromatic carbocycles. The third-order valence-corrected chi connectivity index (χ3v) is 5.10. The maximum absolute atomic E-state index is 12.3. The van der Waals surface area contributed by atoms with Gasteiger partial charge in [-0.2, -0.15) is 0 Å². The highest BCUT2D eigenvalue weighted by atomic mass is 16.1. The van der Waals surface area contributed by atoms with Crippen LogP contribution in [0.25, 0.3) is 0 Å². The van der Waals surface area contributed by atoms with Gasteiger partial charge in [-0.1, -0.05) is 57.4 Å². The Hall–Kier alpha value is -1.11. The Labute approximate surface area is 116 Å². The van der Waals surface area contributed by atoms with Gasteiger partial charge in [0.05, 0.1) is 0 Å². The second-order valence-corrected chi connectivity index (χ2v) is 7.07. The van der Waals surface area contributed by atoms with E-state index in [1.165, 1.54) is 37.7 Å². The summed E-state index contributed by atoms with van der Waals surface area (Å²) in [6.45, 7) is 4.37. The molecule has 3 rings (SSSR count). The molecule has 2 aliphatic rings. The van der Waals surface area contributed by atoms with Crippen molar-refractivity contribution in [3.05, 3.63) is 35.4 Å². The maximum atomic E-state index is 12.3. The maximum Gasteiger partial charge on any atom is 0.166 e. The highest BCUT2D eigenvalue weighted by molar-refractivity contribution is 6.00. The van der Waals surface area contributed by atoms with E-state index in [1.807, 2.05) is 0 Å². The Kier molecular flexibility index (Phi) is 3.24. The molecule has 2 fully saturated rings. The second kappa shape index (κ2) is 4.77. The summed E-state index contributed by atoms with van der Waals surface area (Å²) in [7, 11) is 0. The summed E-state index contributed by atoms with van der Waals surface area (Å²) in [5, 5.41) is 0. The van der Waals surface area contributed by atoms with Crippen molar-refractivity contribution in [1.29, 1.82) is 0 Å². The van der Waals surface area contributed by atoms with Gasteiger partial charge < -0.3 is 0 Å². The number of benzene rings is 1. The van der Waals surface area contributed by atoms with Crippen LogP contribution in [0.4, 0.5) is 0 Å². The molecule has 0 spiro atoms. The highest BCUT2D eigenvalue weighted by Gasteiger charge is 2.50. The second-order valence-electron chi connectivity index (χ2n) is 7.07. The van der Waals surface area contributed by atoms with Crippen LogP contribution in [0.1, 0.15) is 74.2 Å². The van der Waals surface area contributed by atoms with Gasteiger partial charge in [0.25, 0.3) is 0 Å². The van der Waals surface area contributed by atoms with Crippen molar-refractivity contribution in [2.45, 2.75) is 58.3 Å². The lowest BCUT2D eigenvalue weighted by Crippen LogP contribution is -2.08. The smallest absolute Gasteiger partial charge is 0.166 e. The lowest BCUT2D eigenvalue weighted by Gasteiger charge is -2.22. The average Bonchev–Trinajstić information content (AvgIpc) is 3.08. The van der Waals surface area contributed by atoms with Crippen molar-refractivity contribution in [2.24, 2.45) is 11.3 Å². The average molecular weight is 256 g/mol. The van der Waals surface area contributed by atoms with Crippen LogP contribution in [0.5, 0.6) is 0 Å². The fourth-order valence-corrected chi connectivity index (χ4v) is 3.47. The van der Waals surface area contributed by atoms with Gasteiger partial charge in [0.1, 0.15) is 0 Å². The zero-order valence-electron chi connectivity index (χ0n) is 12.1. The molecule has 0 saturated heterocycles. The minimum absolute atomic E-state index is 0.235. The molecule has 0 amide bonds. The summed E-state index contributed by atoms with van der Waals surface area (Å²) in [5.74, 6) is 1.34. The van der Waals surface area contributed by atoms with Crippen molar-refractivity contribution in [2.75, 3.05) is 0 Å². The Morgan fingerprint density at radius 1 is 1.05 bits per heavy atom. The van der Waals surface area contributed by atoms with E-state index >= 15 is 0 Å². The van der Waals surface area contributed by atoms with Gasteiger partial charge in [0.15, 0.2) is 5.78 Å². The molecule has 2 saturated carbocycles. The number of carbonyl (C=O) groups excluding carboxylic acids is 1. The molecule has 102 valence electrons. The highest BCUT2D eigenvalue weighted by Crippen LogP contribution is 2.53. The topological polar surface area (TPSA) is 17.1 Å². The van der Waals surface area contributed by atoms with Crippen molar-refractivity contribution in [1.82, 2.24) is 0 Å². The Morgan fingerprint density at radius 3 is 2.16 bits per heavy atom. The normalized spacial score (nSPS) is 26.1. The number of hydrogen-bond donors (Lipinski definition) is 0. The van der Waals surface area contributed by atoms with Crippen LogP contribution < -0.4 is 0 Å². The van der Waals surface area contributed by atoms with E-state index in [0.717, 1.165) is 17.9 Å². The van der Waals surface area contributed by atoms with Crippen LogP contribution in [0.3, 0.4) is 0 Å². The third-order valence-electron chi connectivity index (χ3n) is 5.10. The van der Waals surface area contributed by atoms with E-state index in [-0.39, 0.29) is 11.3 Å². The summed E-state index contributed by atoms with van der Waals surface area (Å²) < 4.78 is 0. The molecule has 0 N–H and O–H groups in total. The quantitative estimate of drug-likeness (QED) is 0.698. The van der Waals surface area contributed by atoms with E-state index in [2.05, 4.69) is 38.1 Å². The van der Waals surface area contributed by atoms with Gasteiger partial charge in [0.2, 0.25) is 0 Å². The van der Waals surface area contributed by atoms with E-state index in [4.69, 9.17) is 0 Å². The van der Waals surface area contributed by atoms with Crippen LogP contribution in [0.2, 0.25) is 0 Å². The van der Waals surface area contributed by atoms with Gasteiger partial charge in [-0.15, -0.1) is 0 Å². The first kappa shape index (κ1) is 12.9. The zero-order chi connectivity index (χ0) is 13.5. The Balaban J connectivity index is 1.70. The van der Waals surface area contributed by atoms with Gasteiger partial charge >= 0.3 is 0 Å². The SMILES string of the molecule is CC1(C)CC1C(=O)c1ccc(C2CCCCC2)cc1. The molecule has 1 nitrogen and oxygen atoms in total. The first-order valence-electron chi connectivity index (χ1n) is 7.72. The Bertz CT molecular complexity index is 463. The number of hydrogen-bond acceptors (Lipinski definition) is 1. The number of Topliss-reactive ketones (excluding diaryl/α,β-unsaturated/α-hetero) is 1. The van der Waals surface area contributed by atoms with Crippen LogP contribution >= 0.6 is 0 Å². The molecular weight excluding hydrogens is 232 g/mol. The van der Waals surface area contributed by atoms with Crippen LogP contribution in [-0.4, -0.2) is 5.78 Å². The van der Waals surface area contributed by atoms with Crippen molar-refractivity contribution in [3.63, 3.8) is 0 Å². The molecule has 1 atom stereocenters. The molecule has 0 aromatic heterocycles. The lowest BCUT2D eigenvalue weighted by molar-refractivity contribution is 0.0953. The summed E-state index contributed by atoms with van der Waals surface area (Å²) in [6.07, 6.45) is 7.81. The zero-order valence-corrected chi connectivity index (χ0v) is 12.1. The van der Waals surface area contributed by atoms with Crippen molar-refractivity contribution in [3.8, 4) is 0 Å². The van der Waals surface area contributed by atoms with Crippen LogP contribution in [0, 0.1) is 11.3 Å². The summed E-state index contributed by atoms with van der Waals surface area (Å²) in [4.78, 5) is 12.3. The monoisotopic (exact) mass is 256 g/mol. The predicted molar refractivity (Wildman–Crippen MR) is 78.5 cm³/mol. The lowest BCUT2D eigenvalue weighted by atomic mass is 9.83. The summed E-state index contributed by atoms with van der Waals surface area (Å²) in [5.41, 5.74) is 2.58. The fraction of sp³-hybridized carbons (Fsp3) is 0.611.